The summed E-state index contributed by atoms with van der Waals surface area (Å²) in [5.74, 6) is -1.32. The molecule has 31 heavy (non-hydrogen) atoms. The van der Waals surface area contributed by atoms with Gasteiger partial charge >= 0.3 is 5.97 Å². The zero-order valence-electron chi connectivity index (χ0n) is 18.3. The summed E-state index contributed by atoms with van der Waals surface area (Å²) < 4.78 is 21.3. The number of carbonyl (C=O) groups excluding carboxylic acids is 1. The Kier molecular flexibility index (Phi) is 5.02. The monoisotopic (exact) mass is 429 g/mol. The highest BCUT2D eigenvalue weighted by atomic mass is 19.1. The molecule has 168 valence electrons. The largest absolute Gasteiger partial charge is 0.493 e. The Balaban J connectivity index is 1.34. The number of carbonyl (C=O) groups is 2. The molecular weight excluding hydrogens is 397 g/mol. The number of hydrogen-bond donors (Lipinski definition) is 1. The lowest BCUT2D eigenvalue weighted by atomic mass is 9.71. The van der Waals surface area contributed by atoms with Crippen LogP contribution in [0.1, 0.15) is 93.0 Å². The fourth-order valence-electron chi connectivity index (χ4n) is 5.45. The van der Waals surface area contributed by atoms with Crippen LogP contribution in [-0.4, -0.2) is 41.1 Å². The Morgan fingerprint density at radius 3 is 2.42 bits per heavy atom. The van der Waals surface area contributed by atoms with E-state index in [0.29, 0.717) is 43.1 Å². The van der Waals surface area contributed by atoms with E-state index in [1.165, 1.54) is 36.6 Å². The third-order valence-corrected chi connectivity index (χ3v) is 8.20. The quantitative estimate of drug-likeness (QED) is 0.681. The Bertz CT molecular complexity index is 895. The van der Waals surface area contributed by atoms with Gasteiger partial charge in [0, 0.05) is 18.0 Å². The average molecular weight is 430 g/mol. The Labute approximate surface area is 182 Å². The van der Waals surface area contributed by atoms with Gasteiger partial charge in [0.25, 0.3) is 5.91 Å². The molecule has 1 atom stereocenters. The first-order valence-corrected chi connectivity index (χ1v) is 11.8. The number of carboxylic acid groups (broad SMARTS) is 1. The van der Waals surface area contributed by atoms with E-state index >= 15 is 4.39 Å². The molecule has 3 saturated carbocycles. The zero-order valence-corrected chi connectivity index (χ0v) is 18.3. The topological polar surface area (TPSA) is 66.8 Å². The van der Waals surface area contributed by atoms with Crippen LogP contribution in [0, 0.1) is 16.6 Å². The molecule has 1 unspecified atom stereocenters. The molecule has 3 aliphatic carbocycles. The van der Waals surface area contributed by atoms with Gasteiger partial charge in [0.1, 0.15) is 17.6 Å². The molecule has 0 aromatic heterocycles. The highest BCUT2D eigenvalue weighted by molar-refractivity contribution is 5.97. The number of aliphatic carboxylic acids is 1. The molecule has 6 heteroatoms. The molecule has 1 saturated heterocycles. The van der Waals surface area contributed by atoms with Crippen molar-refractivity contribution in [1.82, 2.24) is 4.90 Å². The molecule has 4 fully saturated rings. The van der Waals surface area contributed by atoms with Gasteiger partial charge in [-0.1, -0.05) is 6.92 Å². The average Bonchev–Trinajstić information content (AvgIpc) is 3.67. The van der Waals surface area contributed by atoms with Crippen LogP contribution in [-0.2, 0) is 4.79 Å². The smallest absolute Gasteiger partial charge is 0.326 e. The molecule has 1 spiro atoms. The first kappa shape index (κ1) is 20.8. The van der Waals surface area contributed by atoms with Gasteiger partial charge in [-0.05, 0) is 87.2 Å². The summed E-state index contributed by atoms with van der Waals surface area (Å²) in [5.41, 5.74) is 1.61. The lowest BCUT2D eigenvalue weighted by Gasteiger charge is -2.37. The second-order valence-corrected chi connectivity index (χ2v) is 10.7. The second-order valence-electron chi connectivity index (χ2n) is 10.7. The van der Waals surface area contributed by atoms with E-state index in [9.17, 15) is 14.7 Å². The number of ether oxygens (including phenoxy) is 1. The van der Waals surface area contributed by atoms with Gasteiger partial charge in [0.15, 0.2) is 0 Å². The molecule has 0 bridgehead atoms. The van der Waals surface area contributed by atoms with E-state index in [4.69, 9.17) is 4.74 Å². The molecule has 5 nitrogen and oxygen atoms in total. The summed E-state index contributed by atoms with van der Waals surface area (Å²) in [4.78, 5) is 25.8. The minimum Gasteiger partial charge on any atom is -0.493 e. The molecule has 1 amide bonds. The predicted molar refractivity (Wildman–Crippen MR) is 114 cm³/mol. The van der Waals surface area contributed by atoms with Crippen molar-refractivity contribution in [3.8, 4) is 5.75 Å². The van der Waals surface area contributed by atoms with Crippen molar-refractivity contribution < 1.29 is 23.8 Å². The Morgan fingerprint density at radius 1 is 1.13 bits per heavy atom. The first-order chi connectivity index (χ1) is 14.8. The molecule has 0 radical (unpaired) electrons. The van der Waals surface area contributed by atoms with Crippen molar-refractivity contribution in [2.75, 3.05) is 13.2 Å². The van der Waals surface area contributed by atoms with E-state index < -0.39 is 23.7 Å². The Morgan fingerprint density at radius 2 is 1.81 bits per heavy atom. The Hall–Kier alpha value is -2.11. The zero-order chi connectivity index (χ0) is 21.8. The number of likely N-dealkylation sites (tertiary alicyclic amines) is 1. The van der Waals surface area contributed by atoms with Crippen molar-refractivity contribution in [3.63, 3.8) is 0 Å². The van der Waals surface area contributed by atoms with E-state index in [1.54, 1.807) is 6.07 Å². The van der Waals surface area contributed by atoms with Crippen LogP contribution >= 0.6 is 0 Å². The highest BCUT2D eigenvalue weighted by Gasteiger charge is 2.48. The van der Waals surface area contributed by atoms with Gasteiger partial charge in [0.2, 0.25) is 0 Å². The minimum atomic E-state index is -1.03. The van der Waals surface area contributed by atoms with Crippen molar-refractivity contribution in [1.29, 1.82) is 0 Å². The van der Waals surface area contributed by atoms with Gasteiger partial charge in [-0.25, -0.2) is 9.18 Å². The van der Waals surface area contributed by atoms with E-state index in [-0.39, 0.29) is 11.0 Å². The number of benzene rings is 1. The van der Waals surface area contributed by atoms with Crippen LogP contribution in [0.25, 0.3) is 0 Å². The summed E-state index contributed by atoms with van der Waals surface area (Å²) in [7, 11) is 0. The van der Waals surface area contributed by atoms with Gasteiger partial charge in [-0.2, -0.15) is 0 Å². The summed E-state index contributed by atoms with van der Waals surface area (Å²) in [6.45, 7) is 3.20. The lowest BCUT2D eigenvalue weighted by Crippen LogP contribution is -2.40. The maximum Gasteiger partial charge on any atom is 0.326 e. The molecule has 5 rings (SSSR count). The lowest BCUT2D eigenvalue weighted by molar-refractivity contribution is -0.141. The number of amides is 1. The maximum atomic E-state index is 15.0. The number of halogens is 1. The van der Waals surface area contributed by atoms with E-state index in [0.717, 1.165) is 31.2 Å². The first-order valence-electron chi connectivity index (χ1n) is 11.8. The normalized spacial score (nSPS) is 26.1. The molecule has 1 N–H and O–H groups in total. The molecular formula is C25H32FNO4. The van der Waals surface area contributed by atoms with Gasteiger partial charge < -0.3 is 14.7 Å². The maximum absolute atomic E-state index is 15.0. The minimum absolute atomic E-state index is 0.0260. The second kappa shape index (κ2) is 7.49. The molecule has 1 heterocycles. The van der Waals surface area contributed by atoms with E-state index in [2.05, 4.69) is 6.92 Å². The van der Waals surface area contributed by atoms with Gasteiger partial charge in [-0.3, -0.25) is 4.79 Å². The molecule has 4 aliphatic rings. The van der Waals surface area contributed by atoms with Gasteiger partial charge in [0.05, 0.1) is 12.2 Å². The van der Waals surface area contributed by atoms with Crippen LogP contribution in [0.4, 0.5) is 4.39 Å². The standard InChI is InChI=1S/C25H32FNO4/c1-24(6-8-25(9-7-24)10-11-25)15-31-21-14-19(26)18(13-17(21)16-4-5-16)22(28)27-12-2-3-20(27)23(29)30/h13-14,16,20H,2-12,15H2,1H3,(H,29,30). The van der Waals surface area contributed by atoms with Crippen molar-refractivity contribution in [2.24, 2.45) is 10.8 Å². The SMILES string of the molecule is CC1(COc2cc(F)c(C(=O)N3CCCC3C(=O)O)cc2C2CC2)CCC2(CC1)CC2. The van der Waals surface area contributed by atoms with Crippen LogP contribution in [0.3, 0.4) is 0 Å². The van der Waals surface area contributed by atoms with Crippen molar-refractivity contribution in [2.45, 2.75) is 83.1 Å². The summed E-state index contributed by atoms with van der Waals surface area (Å²) in [5, 5.41) is 9.39. The fourth-order valence-corrected chi connectivity index (χ4v) is 5.45. The highest BCUT2D eigenvalue weighted by Crippen LogP contribution is 2.59. The van der Waals surface area contributed by atoms with Crippen molar-refractivity contribution in [3.05, 3.63) is 29.1 Å². The molecule has 1 aromatic carbocycles. The van der Waals surface area contributed by atoms with Crippen LogP contribution in [0.2, 0.25) is 0 Å². The number of hydrogen-bond acceptors (Lipinski definition) is 3. The summed E-state index contributed by atoms with van der Waals surface area (Å²) in [6.07, 6.45) is 10.6. The van der Waals surface area contributed by atoms with Crippen molar-refractivity contribution >= 4 is 11.9 Å². The third-order valence-electron chi connectivity index (χ3n) is 8.20. The fraction of sp³-hybridized carbons (Fsp3) is 0.680. The molecule has 1 aromatic rings. The summed E-state index contributed by atoms with van der Waals surface area (Å²) >= 11 is 0. The number of carboxylic acids is 1. The van der Waals surface area contributed by atoms with Crippen LogP contribution in [0.15, 0.2) is 12.1 Å². The van der Waals surface area contributed by atoms with Crippen LogP contribution in [0.5, 0.6) is 5.75 Å². The number of nitrogens with zero attached hydrogens (tertiary/aromatic N) is 1. The number of rotatable bonds is 6. The predicted octanol–water partition coefficient (Wildman–Crippen LogP) is 5.13. The third kappa shape index (κ3) is 4.06. The van der Waals surface area contributed by atoms with Gasteiger partial charge in [-0.15, -0.1) is 0 Å². The molecule has 1 aliphatic heterocycles. The van der Waals surface area contributed by atoms with E-state index in [1.807, 2.05) is 0 Å². The summed E-state index contributed by atoms with van der Waals surface area (Å²) in [6, 6.07) is 2.12. The van der Waals surface area contributed by atoms with Crippen LogP contribution < -0.4 is 4.74 Å².